The fraction of sp³-hybridized carbons (Fsp3) is 0.812. The van der Waals surface area contributed by atoms with E-state index in [4.69, 9.17) is 4.74 Å². The number of allylic oxidation sites excluding steroid dienone is 2. The Hall–Kier alpha value is -0.790. The van der Waals surface area contributed by atoms with Gasteiger partial charge in [-0.15, -0.1) is 0 Å². The highest BCUT2D eigenvalue weighted by atomic mass is 16.5. The van der Waals surface area contributed by atoms with Crippen molar-refractivity contribution in [3.63, 3.8) is 0 Å². The lowest BCUT2D eigenvalue weighted by Crippen LogP contribution is -2.15. The second-order valence-electron chi connectivity index (χ2n) is 4.92. The molecule has 0 aliphatic heterocycles. The van der Waals surface area contributed by atoms with E-state index in [0.29, 0.717) is 0 Å². The van der Waals surface area contributed by atoms with Crippen molar-refractivity contribution in [1.82, 2.24) is 0 Å². The number of carbonyl (C=O) groups is 1. The SMILES string of the molecule is CCCCCC=CCCC(CCCC)OC(C)=O. The Kier molecular flexibility index (Phi) is 12.1. The zero-order chi connectivity index (χ0) is 13.6. The molecule has 2 heteroatoms. The third-order valence-electron chi connectivity index (χ3n) is 3.01. The van der Waals surface area contributed by atoms with Gasteiger partial charge in [0.15, 0.2) is 0 Å². The molecule has 0 amide bonds. The van der Waals surface area contributed by atoms with E-state index >= 15 is 0 Å². The summed E-state index contributed by atoms with van der Waals surface area (Å²) in [6.07, 6.45) is 15.0. The molecule has 106 valence electrons. The van der Waals surface area contributed by atoms with E-state index in [1.807, 2.05) is 0 Å². The second-order valence-corrected chi connectivity index (χ2v) is 4.92. The molecule has 0 N–H and O–H groups in total. The maximum Gasteiger partial charge on any atom is 0.302 e. The number of carbonyl (C=O) groups excluding carboxylic acids is 1. The van der Waals surface area contributed by atoms with Crippen molar-refractivity contribution in [2.45, 2.75) is 84.7 Å². The zero-order valence-electron chi connectivity index (χ0n) is 12.4. The van der Waals surface area contributed by atoms with Gasteiger partial charge in [0.1, 0.15) is 6.10 Å². The predicted octanol–water partition coefficient (Wildman–Crippen LogP) is 5.03. The van der Waals surface area contributed by atoms with Gasteiger partial charge < -0.3 is 4.74 Å². The number of esters is 1. The van der Waals surface area contributed by atoms with Crippen LogP contribution in [-0.4, -0.2) is 12.1 Å². The molecule has 0 aliphatic carbocycles. The molecular weight excluding hydrogens is 224 g/mol. The van der Waals surface area contributed by atoms with Crippen molar-refractivity contribution in [1.29, 1.82) is 0 Å². The highest BCUT2D eigenvalue weighted by molar-refractivity contribution is 5.66. The molecule has 0 aromatic carbocycles. The van der Waals surface area contributed by atoms with Crippen LogP contribution in [0, 0.1) is 0 Å². The number of hydrogen-bond donors (Lipinski definition) is 0. The van der Waals surface area contributed by atoms with Crippen LogP contribution in [0.5, 0.6) is 0 Å². The molecule has 0 spiro atoms. The molecule has 0 saturated heterocycles. The summed E-state index contributed by atoms with van der Waals surface area (Å²) in [4.78, 5) is 11.0. The molecule has 0 bridgehead atoms. The quantitative estimate of drug-likeness (QED) is 0.294. The van der Waals surface area contributed by atoms with Gasteiger partial charge in [-0.05, 0) is 32.1 Å². The maximum absolute atomic E-state index is 11.0. The summed E-state index contributed by atoms with van der Waals surface area (Å²) < 4.78 is 5.32. The van der Waals surface area contributed by atoms with Crippen LogP contribution in [-0.2, 0) is 9.53 Å². The molecule has 0 rings (SSSR count). The van der Waals surface area contributed by atoms with E-state index in [2.05, 4.69) is 26.0 Å². The third kappa shape index (κ3) is 11.7. The predicted molar refractivity (Wildman–Crippen MR) is 77.6 cm³/mol. The molecular formula is C16H30O2. The van der Waals surface area contributed by atoms with Crippen LogP contribution < -0.4 is 0 Å². The van der Waals surface area contributed by atoms with E-state index < -0.39 is 0 Å². The normalized spacial score (nSPS) is 12.8. The van der Waals surface area contributed by atoms with Crippen LogP contribution in [0.4, 0.5) is 0 Å². The van der Waals surface area contributed by atoms with E-state index in [-0.39, 0.29) is 12.1 Å². The largest absolute Gasteiger partial charge is 0.463 e. The van der Waals surface area contributed by atoms with Gasteiger partial charge in [-0.2, -0.15) is 0 Å². The van der Waals surface area contributed by atoms with Gasteiger partial charge in [0.25, 0.3) is 0 Å². The topological polar surface area (TPSA) is 26.3 Å². The van der Waals surface area contributed by atoms with Crippen LogP contribution in [0.2, 0.25) is 0 Å². The lowest BCUT2D eigenvalue weighted by molar-refractivity contribution is -0.146. The summed E-state index contributed by atoms with van der Waals surface area (Å²) in [5.74, 6) is -0.150. The average molecular weight is 254 g/mol. The molecule has 2 nitrogen and oxygen atoms in total. The Morgan fingerprint density at radius 1 is 1.00 bits per heavy atom. The first-order valence-corrected chi connectivity index (χ1v) is 7.52. The highest BCUT2D eigenvalue weighted by Gasteiger charge is 2.09. The van der Waals surface area contributed by atoms with Crippen LogP contribution in [0.25, 0.3) is 0 Å². The van der Waals surface area contributed by atoms with Gasteiger partial charge in [0, 0.05) is 6.92 Å². The lowest BCUT2D eigenvalue weighted by atomic mass is 10.1. The Labute approximate surface area is 113 Å². The molecule has 1 unspecified atom stereocenters. The molecule has 0 aliphatic rings. The van der Waals surface area contributed by atoms with Crippen molar-refractivity contribution < 1.29 is 9.53 Å². The summed E-state index contributed by atoms with van der Waals surface area (Å²) >= 11 is 0. The summed E-state index contributed by atoms with van der Waals surface area (Å²) in [5.41, 5.74) is 0. The minimum absolute atomic E-state index is 0.114. The van der Waals surface area contributed by atoms with Gasteiger partial charge in [-0.3, -0.25) is 4.79 Å². The van der Waals surface area contributed by atoms with Gasteiger partial charge in [0.2, 0.25) is 0 Å². The fourth-order valence-electron chi connectivity index (χ4n) is 1.96. The molecule has 0 radical (unpaired) electrons. The number of unbranched alkanes of at least 4 members (excludes halogenated alkanes) is 4. The molecule has 0 saturated carbocycles. The average Bonchev–Trinajstić information content (AvgIpc) is 2.34. The summed E-state index contributed by atoms with van der Waals surface area (Å²) in [5, 5.41) is 0. The molecule has 18 heavy (non-hydrogen) atoms. The van der Waals surface area contributed by atoms with Crippen molar-refractivity contribution >= 4 is 5.97 Å². The van der Waals surface area contributed by atoms with Crippen LogP contribution in [0.1, 0.15) is 78.6 Å². The van der Waals surface area contributed by atoms with Crippen LogP contribution >= 0.6 is 0 Å². The van der Waals surface area contributed by atoms with Gasteiger partial charge in [-0.1, -0.05) is 51.7 Å². The molecule has 0 aromatic rings. The third-order valence-corrected chi connectivity index (χ3v) is 3.01. The second kappa shape index (κ2) is 12.7. The Bertz CT molecular complexity index is 221. The van der Waals surface area contributed by atoms with Crippen LogP contribution in [0.15, 0.2) is 12.2 Å². The summed E-state index contributed by atoms with van der Waals surface area (Å²) in [6, 6.07) is 0. The van der Waals surface area contributed by atoms with Gasteiger partial charge in [0.05, 0.1) is 0 Å². The first-order chi connectivity index (χ1) is 8.70. The Morgan fingerprint density at radius 2 is 1.67 bits per heavy atom. The molecule has 0 fully saturated rings. The van der Waals surface area contributed by atoms with E-state index in [1.54, 1.807) is 0 Å². The summed E-state index contributed by atoms with van der Waals surface area (Å²) in [7, 11) is 0. The smallest absolute Gasteiger partial charge is 0.302 e. The maximum atomic E-state index is 11.0. The Morgan fingerprint density at radius 3 is 2.28 bits per heavy atom. The highest BCUT2D eigenvalue weighted by Crippen LogP contribution is 2.12. The van der Waals surface area contributed by atoms with Crippen molar-refractivity contribution in [2.24, 2.45) is 0 Å². The Balaban J connectivity index is 3.70. The number of hydrogen-bond acceptors (Lipinski definition) is 2. The van der Waals surface area contributed by atoms with E-state index in [1.165, 1.54) is 32.6 Å². The van der Waals surface area contributed by atoms with Crippen LogP contribution in [0.3, 0.4) is 0 Å². The van der Waals surface area contributed by atoms with E-state index in [9.17, 15) is 4.79 Å². The monoisotopic (exact) mass is 254 g/mol. The standard InChI is InChI=1S/C16H30O2/c1-4-6-8-9-10-11-12-14-16(13-7-5-2)18-15(3)17/h10-11,16H,4-9,12-14H2,1-3H3. The summed E-state index contributed by atoms with van der Waals surface area (Å²) in [6.45, 7) is 5.89. The molecule has 1 atom stereocenters. The van der Waals surface area contributed by atoms with Crippen molar-refractivity contribution in [2.75, 3.05) is 0 Å². The van der Waals surface area contributed by atoms with Gasteiger partial charge >= 0.3 is 5.97 Å². The van der Waals surface area contributed by atoms with Crippen molar-refractivity contribution in [3.8, 4) is 0 Å². The van der Waals surface area contributed by atoms with E-state index in [0.717, 1.165) is 32.1 Å². The molecule has 0 heterocycles. The lowest BCUT2D eigenvalue weighted by Gasteiger charge is -2.15. The zero-order valence-corrected chi connectivity index (χ0v) is 12.4. The van der Waals surface area contributed by atoms with Crippen molar-refractivity contribution in [3.05, 3.63) is 12.2 Å². The number of rotatable bonds is 11. The minimum atomic E-state index is -0.150. The number of ether oxygens (including phenoxy) is 1. The first kappa shape index (κ1) is 17.2. The fourth-order valence-corrected chi connectivity index (χ4v) is 1.96. The van der Waals surface area contributed by atoms with Gasteiger partial charge in [-0.25, -0.2) is 0 Å². The molecule has 0 aromatic heterocycles. The minimum Gasteiger partial charge on any atom is -0.463 e. The first-order valence-electron chi connectivity index (χ1n) is 7.52.